The number of nitrogens with zero attached hydrogens (tertiary/aromatic N) is 3. The second-order valence-electron chi connectivity index (χ2n) is 4.61. The number of benzene rings is 1. The van der Waals surface area contributed by atoms with Gasteiger partial charge >= 0.3 is 0 Å². The van der Waals surface area contributed by atoms with Crippen molar-refractivity contribution in [2.75, 3.05) is 6.61 Å². The van der Waals surface area contributed by atoms with Crippen molar-refractivity contribution in [3.05, 3.63) is 70.0 Å². The zero-order valence-corrected chi connectivity index (χ0v) is 13.3. The van der Waals surface area contributed by atoms with E-state index in [0.29, 0.717) is 17.7 Å². The first-order chi connectivity index (χ1) is 11.1. The van der Waals surface area contributed by atoms with Crippen molar-refractivity contribution in [1.82, 2.24) is 5.43 Å². The number of hydrazone groups is 1. The van der Waals surface area contributed by atoms with Crippen LogP contribution in [0.15, 0.2) is 53.9 Å². The molecule has 0 fully saturated rings. The van der Waals surface area contributed by atoms with Gasteiger partial charge in [-0.3, -0.25) is 14.9 Å². The highest BCUT2D eigenvalue weighted by molar-refractivity contribution is 5.94. The maximum atomic E-state index is 12.0. The highest BCUT2D eigenvalue weighted by Crippen LogP contribution is 2.11. The summed E-state index contributed by atoms with van der Waals surface area (Å²) in [4.78, 5) is 22.1. The molecule has 126 valence electrons. The molecule has 0 bridgehead atoms. The zero-order chi connectivity index (χ0) is 16.7. The monoisotopic (exact) mass is 350 g/mol. The Kier molecular flexibility index (Phi) is 7.47. The van der Waals surface area contributed by atoms with Crippen molar-refractivity contribution in [3.63, 3.8) is 0 Å². The molecule has 0 radical (unpaired) electrons. The van der Waals surface area contributed by atoms with Gasteiger partial charge in [0.1, 0.15) is 12.2 Å². The fourth-order valence-corrected chi connectivity index (χ4v) is 1.86. The van der Waals surface area contributed by atoms with Crippen LogP contribution in [0.2, 0.25) is 0 Å². The molecule has 0 unspecified atom stereocenters. The standard InChI is InChI=1S/C15H14N4O4.ClH/c20-8-7-18-6-2-4-13(11-18)15(21)17-16-10-12-3-1-5-14(9-12)19(22)23;/h1-6,9-11,20H,7-8H2;1H/b16-10+;. The number of aliphatic hydroxyl groups is 1. The number of aromatic nitrogens is 1. The summed E-state index contributed by atoms with van der Waals surface area (Å²) in [6.45, 7) is 0.360. The third kappa shape index (κ3) is 5.41. The van der Waals surface area contributed by atoms with Gasteiger partial charge in [0.25, 0.3) is 11.6 Å². The predicted molar refractivity (Wildman–Crippen MR) is 81.9 cm³/mol. The smallest absolute Gasteiger partial charge is 0.277 e. The van der Waals surface area contributed by atoms with Crippen LogP contribution in [-0.2, 0) is 6.54 Å². The second-order valence-corrected chi connectivity index (χ2v) is 4.61. The first kappa shape index (κ1) is 19.2. The molecule has 9 heteroatoms. The summed E-state index contributed by atoms with van der Waals surface area (Å²) < 4.78 is 1.68. The van der Waals surface area contributed by atoms with E-state index in [0.717, 1.165) is 0 Å². The molecule has 0 aliphatic rings. The van der Waals surface area contributed by atoms with E-state index in [2.05, 4.69) is 10.5 Å². The molecule has 0 atom stereocenters. The summed E-state index contributed by atoms with van der Waals surface area (Å²) in [5.74, 6) is -0.418. The van der Waals surface area contributed by atoms with Crippen molar-refractivity contribution < 1.29 is 31.8 Å². The Labute approximate surface area is 144 Å². The molecule has 0 aliphatic heterocycles. The fourth-order valence-electron chi connectivity index (χ4n) is 1.86. The third-order valence-corrected chi connectivity index (χ3v) is 2.94. The largest absolute Gasteiger partial charge is 1.00 e. The van der Waals surface area contributed by atoms with Gasteiger partial charge < -0.3 is 17.5 Å². The van der Waals surface area contributed by atoms with Gasteiger partial charge in [-0.2, -0.15) is 5.10 Å². The van der Waals surface area contributed by atoms with E-state index < -0.39 is 10.8 Å². The van der Waals surface area contributed by atoms with Crippen molar-refractivity contribution >= 4 is 17.8 Å². The Bertz CT molecular complexity index is 752. The summed E-state index contributed by atoms with van der Waals surface area (Å²) in [5, 5.41) is 23.4. The van der Waals surface area contributed by atoms with E-state index >= 15 is 0 Å². The predicted octanol–water partition coefficient (Wildman–Crippen LogP) is -2.36. The Hall–Kier alpha value is -2.84. The summed E-state index contributed by atoms with van der Waals surface area (Å²) in [6, 6.07) is 9.21. The molecule has 0 saturated heterocycles. The zero-order valence-electron chi connectivity index (χ0n) is 12.5. The molecule has 1 heterocycles. The number of rotatable bonds is 6. The number of aliphatic hydroxyl groups excluding tert-OH is 1. The molecule has 1 aromatic carbocycles. The Balaban J connectivity index is 0.00000288. The molecule has 2 aromatic rings. The molecule has 1 amide bonds. The maximum Gasteiger partial charge on any atom is 0.277 e. The normalized spacial score (nSPS) is 10.2. The number of non-ortho nitro benzene ring substituents is 1. The lowest BCUT2D eigenvalue weighted by atomic mass is 10.2. The van der Waals surface area contributed by atoms with Crippen LogP contribution < -0.4 is 22.4 Å². The highest BCUT2D eigenvalue weighted by atomic mass is 35.5. The van der Waals surface area contributed by atoms with Gasteiger partial charge in [0.2, 0.25) is 0 Å². The minimum Gasteiger partial charge on any atom is -1.00 e. The number of hydrogen-bond acceptors (Lipinski definition) is 5. The number of halogens is 1. The molecule has 24 heavy (non-hydrogen) atoms. The molecule has 0 aliphatic carbocycles. The topological polar surface area (TPSA) is 109 Å². The van der Waals surface area contributed by atoms with Crippen LogP contribution >= 0.6 is 0 Å². The summed E-state index contributed by atoms with van der Waals surface area (Å²) >= 11 is 0. The van der Waals surface area contributed by atoms with Gasteiger partial charge in [-0.05, 0) is 6.07 Å². The van der Waals surface area contributed by atoms with Gasteiger partial charge in [0.05, 0.1) is 11.1 Å². The molecule has 0 saturated carbocycles. The van der Waals surface area contributed by atoms with Gasteiger partial charge in [-0.25, -0.2) is 9.99 Å². The second kappa shape index (κ2) is 9.33. The lowest BCUT2D eigenvalue weighted by Crippen LogP contribution is -3.00. The van der Waals surface area contributed by atoms with E-state index in [4.69, 9.17) is 5.11 Å². The fraction of sp³-hybridized carbons (Fsp3) is 0.133. The van der Waals surface area contributed by atoms with Gasteiger partial charge in [-0.1, -0.05) is 12.1 Å². The van der Waals surface area contributed by atoms with Crippen molar-refractivity contribution in [2.45, 2.75) is 6.54 Å². The molecule has 0 spiro atoms. The molecular formula is C15H15ClN4O4. The Morgan fingerprint density at radius 3 is 2.88 bits per heavy atom. The van der Waals surface area contributed by atoms with Crippen LogP contribution in [0, 0.1) is 10.1 Å². The number of pyridine rings is 1. The number of nitro benzene ring substituents is 1. The lowest BCUT2D eigenvalue weighted by molar-refractivity contribution is -0.698. The van der Waals surface area contributed by atoms with Crippen molar-refractivity contribution in [3.8, 4) is 0 Å². The molecular weight excluding hydrogens is 336 g/mol. The first-order valence-electron chi connectivity index (χ1n) is 6.78. The number of amides is 1. The number of nitro groups is 1. The van der Waals surface area contributed by atoms with Crippen molar-refractivity contribution in [2.24, 2.45) is 5.10 Å². The van der Waals surface area contributed by atoms with Gasteiger partial charge in [0.15, 0.2) is 18.9 Å². The van der Waals surface area contributed by atoms with Crippen LogP contribution in [0.4, 0.5) is 5.69 Å². The van der Waals surface area contributed by atoms with Crippen LogP contribution in [0.1, 0.15) is 15.9 Å². The average Bonchev–Trinajstić information content (AvgIpc) is 2.55. The van der Waals surface area contributed by atoms with Crippen molar-refractivity contribution in [1.29, 1.82) is 0 Å². The lowest BCUT2D eigenvalue weighted by Gasteiger charge is -1.99. The van der Waals surface area contributed by atoms with E-state index in [1.165, 1.54) is 24.4 Å². The van der Waals surface area contributed by atoms with Crippen LogP contribution in [0.5, 0.6) is 0 Å². The molecule has 1 aromatic heterocycles. The van der Waals surface area contributed by atoms with E-state index in [9.17, 15) is 14.9 Å². The molecule has 8 nitrogen and oxygen atoms in total. The number of carbonyl (C=O) groups is 1. The number of carbonyl (C=O) groups excluding carboxylic acids is 1. The average molecular weight is 351 g/mol. The Morgan fingerprint density at radius 2 is 2.17 bits per heavy atom. The van der Waals surface area contributed by atoms with Gasteiger partial charge in [-0.15, -0.1) is 0 Å². The summed E-state index contributed by atoms with van der Waals surface area (Å²) in [6.07, 6.45) is 4.66. The summed E-state index contributed by atoms with van der Waals surface area (Å²) in [7, 11) is 0. The maximum absolute atomic E-state index is 12.0. The van der Waals surface area contributed by atoms with E-state index in [-0.39, 0.29) is 24.7 Å². The highest BCUT2D eigenvalue weighted by Gasteiger charge is 2.09. The van der Waals surface area contributed by atoms with Crippen LogP contribution in [-0.4, -0.2) is 28.8 Å². The number of hydrogen-bond donors (Lipinski definition) is 2. The molecule has 2 rings (SSSR count). The van der Waals surface area contributed by atoms with Gasteiger partial charge in [0, 0.05) is 23.8 Å². The molecule has 2 N–H and O–H groups in total. The van der Waals surface area contributed by atoms with Crippen LogP contribution in [0.25, 0.3) is 0 Å². The quantitative estimate of drug-likeness (QED) is 0.263. The van der Waals surface area contributed by atoms with Crippen LogP contribution in [0.3, 0.4) is 0 Å². The number of nitrogens with one attached hydrogen (secondary N) is 1. The van der Waals surface area contributed by atoms with E-state index in [1.807, 2.05) is 0 Å². The minimum atomic E-state index is -0.500. The Morgan fingerprint density at radius 1 is 1.38 bits per heavy atom. The SMILES string of the molecule is O=C(N/N=C/c1cccc([N+](=O)[O-])c1)c1ccc[n+](CCO)c1.[Cl-]. The summed E-state index contributed by atoms with van der Waals surface area (Å²) in [5.41, 5.74) is 3.19. The first-order valence-corrected chi connectivity index (χ1v) is 6.78. The van der Waals surface area contributed by atoms with E-state index in [1.54, 1.807) is 35.2 Å². The third-order valence-electron chi connectivity index (χ3n) is 2.94. The minimum absolute atomic E-state index is 0.